The van der Waals surface area contributed by atoms with Crippen LogP contribution in [0.2, 0.25) is 0 Å². The molecule has 0 saturated carbocycles. The van der Waals surface area contributed by atoms with Gasteiger partial charge in [0.25, 0.3) is 0 Å². The van der Waals surface area contributed by atoms with Gasteiger partial charge >= 0.3 is 0 Å². The smallest absolute Gasteiger partial charge is 0.0340 e. The normalized spacial score (nSPS) is 12.1. The van der Waals surface area contributed by atoms with Crippen LogP contribution in [-0.2, 0) is 0 Å². The largest absolute Gasteiger partial charge is 0.385 e. The number of nitrogens with one attached hydrogen (secondary N) is 2. The lowest BCUT2D eigenvalue weighted by atomic mass is 10.3. The molecule has 0 saturated heterocycles. The maximum Gasteiger partial charge on any atom is 0.0340 e. The van der Waals surface area contributed by atoms with Crippen molar-refractivity contribution < 1.29 is 0 Å². The average Bonchev–Trinajstić information content (AvgIpc) is 2.63. The molecule has 0 aromatic heterocycles. The highest BCUT2D eigenvalue weighted by Crippen LogP contribution is 2.02. The van der Waals surface area contributed by atoms with Gasteiger partial charge in [-0.3, -0.25) is 0 Å². The van der Waals surface area contributed by atoms with Gasteiger partial charge in [0.15, 0.2) is 0 Å². The molecule has 2 nitrogen and oxygen atoms in total. The van der Waals surface area contributed by atoms with Crippen LogP contribution >= 0.6 is 0 Å². The van der Waals surface area contributed by atoms with Crippen molar-refractivity contribution in [2.24, 2.45) is 0 Å². The van der Waals surface area contributed by atoms with E-state index >= 15 is 0 Å². The van der Waals surface area contributed by atoms with E-state index in [2.05, 4.69) is 29.7 Å². The van der Waals surface area contributed by atoms with Crippen LogP contribution in [0.25, 0.3) is 0 Å². The second-order valence-corrected chi connectivity index (χ2v) is 3.17. The average molecular weight is 214 g/mol. The fraction of sp³-hybridized carbons (Fsp3) is 0.143. The van der Waals surface area contributed by atoms with Crippen LogP contribution in [0.4, 0.5) is 5.69 Å². The summed E-state index contributed by atoms with van der Waals surface area (Å²) in [6, 6.07) is 10.2. The number of rotatable bonds is 2. The number of hydrogen-bond acceptors (Lipinski definition) is 2. The van der Waals surface area contributed by atoms with E-state index < -0.39 is 0 Å². The first-order chi connectivity index (χ1) is 7.93. The lowest BCUT2D eigenvalue weighted by Crippen LogP contribution is -1.94. The summed E-state index contributed by atoms with van der Waals surface area (Å²) in [5, 5.41) is 6.13. The molecule has 16 heavy (non-hydrogen) atoms. The Morgan fingerprint density at radius 1 is 0.938 bits per heavy atom. The zero-order chi connectivity index (χ0) is 11.5. The fourth-order valence-electron chi connectivity index (χ4n) is 1.17. The van der Waals surface area contributed by atoms with E-state index in [9.17, 15) is 0 Å². The topological polar surface area (TPSA) is 24.1 Å². The summed E-state index contributed by atoms with van der Waals surface area (Å²) in [6.07, 6.45) is 11.6. The second kappa shape index (κ2) is 8.36. The van der Waals surface area contributed by atoms with Crippen LogP contribution in [-0.4, -0.2) is 6.54 Å². The highest BCUT2D eigenvalue weighted by Gasteiger charge is 1.81. The van der Waals surface area contributed by atoms with Gasteiger partial charge in [0.05, 0.1) is 0 Å². The molecule has 1 aliphatic heterocycles. The van der Waals surface area contributed by atoms with Crippen LogP contribution in [0.1, 0.15) is 6.92 Å². The van der Waals surface area contributed by atoms with Crippen molar-refractivity contribution >= 4 is 5.69 Å². The second-order valence-electron chi connectivity index (χ2n) is 3.17. The molecule has 0 bridgehead atoms. The summed E-state index contributed by atoms with van der Waals surface area (Å²) < 4.78 is 0. The minimum Gasteiger partial charge on any atom is -0.385 e. The van der Waals surface area contributed by atoms with Crippen molar-refractivity contribution in [3.63, 3.8) is 0 Å². The van der Waals surface area contributed by atoms with E-state index in [0.717, 1.165) is 6.54 Å². The van der Waals surface area contributed by atoms with Gasteiger partial charge < -0.3 is 10.6 Å². The number of hydrogen-bond donors (Lipinski definition) is 2. The van der Waals surface area contributed by atoms with E-state index in [0.29, 0.717) is 0 Å². The number of benzene rings is 1. The van der Waals surface area contributed by atoms with Gasteiger partial charge in [-0.05, 0) is 31.2 Å². The molecule has 0 fully saturated rings. The Morgan fingerprint density at radius 2 is 1.56 bits per heavy atom. The van der Waals surface area contributed by atoms with Gasteiger partial charge in [-0.25, -0.2) is 0 Å². The van der Waals surface area contributed by atoms with E-state index in [1.807, 2.05) is 54.9 Å². The predicted octanol–water partition coefficient (Wildman–Crippen LogP) is 3.29. The monoisotopic (exact) mass is 214 g/mol. The van der Waals surface area contributed by atoms with Gasteiger partial charge in [0.1, 0.15) is 0 Å². The summed E-state index contributed by atoms with van der Waals surface area (Å²) in [6.45, 7) is 3.08. The molecular formula is C14H18N2. The zero-order valence-corrected chi connectivity index (χ0v) is 9.56. The molecule has 1 heterocycles. The summed E-state index contributed by atoms with van der Waals surface area (Å²) in [4.78, 5) is 0. The Hall–Kier alpha value is -1.96. The highest BCUT2D eigenvalue weighted by molar-refractivity contribution is 5.41. The van der Waals surface area contributed by atoms with Crippen LogP contribution < -0.4 is 10.6 Å². The molecule has 84 valence electrons. The van der Waals surface area contributed by atoms with Gasteiger partial charge in [0.2, 0.25) is 0 Å². The SMILES string of the molecule is C1=CC=CNC=C1.CCNc1ccccc1. The summed E-state index contributed by atoms with van der Waals surface area (Å²) in [5.74, 6) is 0. The molecule has 0 unspecified atom stereocenters. The molecule has 0 aliphatic carbocycles. The molecule has 2 rings (SSSR count). The number of allylic oxidation sites excluding steroid dienone is 4. The molecule has 1 aromatic rings. The molecule has 2 heteroatoms. The molecule has 0 spiro atoms. The minimum atomic E-state index is 0.990. The zero-order valence-electron chi connectivity index (χ0n) is 9.56. The van der Waals surface area contributed by atoms with E-state index in [-0.39, 0.29) is 0 Å². The first kappa shape index (κ1) is 12.1. The maximum absolute atomic E-state index is 3.21. The maximum atomic E-state index is 3.21. The van der Waals surface area contributed by atoms with Gasteiger partial charge in [0, 0.05) is 24.6 Å². The first-order valence-electron chi connectivity index (χ1n) is 5.47. The Labute approximate surface area is 97.4 Å². The van der Waals surface area contributed by atoms with Crippen LogP contribution in [0.5, 0.6) is 0 Å². The summed E-state index contributed by atoms with van der Waals surface area (Å²) in [7, 11) is 0. The third-order valence-electron chi connectivity index (χ3n) is 1.87. The Kier molecular flexibility index (Phi) is 6.33. The van der Waals surface area contributed by atoms with Crippen molar-refractivity contribution in [3.05, 3.63) is 67.0 Å². The predicted molar refractivity (Wildman–Crippen MR) is 71.2 cm³/mol. The van der Waals surface area contributed by atoms with Crippen molar-refractivity contribution in [1.29, 1.82) is 0 Å². The fourth-order valence-corrected chi connectivity index (χ4v) is 1.17. The van der Waals surface area contributed by atoms with E-state index in [1.54, 1.807) is 0 Å². The Bertz CT molecular complexity index is 336. The Morgan fingerprint density at radius 3 is 2.12 bits per heavy atom. The first-order valence-corrected chi connectivity index (χ1v) is 5.47. The summed E-state index contributed by atoms with van der Waals surface area (Å²) >= 11 is 0. The van der Waals surface area contributed by atoms with Crippen LogP contribution in [0, 0.1) is 0 Å². The number of anilines is 1. The van der Waals surface area contributed by atoms with Crippen LogP contribution in [0.3, 0.4) is 0 Å². The minimum absolute atomic E-state index is 0.990. The number of para-hydroxylation sites is 1. The van der Waals surface area contributed by atoms with Crippen molar-refractivity contribution in [3.8, 4) is 0 Å². The van der Waals surface area contributed by atoms with Gasteiger partial charge in [-0.1, -0.05) is 30.4 Å². The highest BCUT2D eigenvalue weighted by atomic mass is 14.8. The van der Waals surface area contributed by atoms with Crippen molar-refractivity contribution in [2.45, 2.75) is 6.92 Å². The summed E-state index contributed by atoms with van der Waals surface area (Å²) in [5.41, 5.74) is 1.19. The van der Waals surface area contributed by atoms with E-state index in [1.165, 1.54) is 5.69 Å². The molecule has 1 aliphatic rings. The third-order valence-corrected chi connectivity index (χ3v) is 1.87. The van der Waals surface area contributed by atoms with Crippen molar-refractivity contribution in [1.82, 2.24) is 5.32 Å². The molecule has 0 radical (unpaired) electrons. The molecule has 0 atom stereocenters. The quantitative estimate of drug-likeness (QED) is 0.789. The van der Waals surface area contributed by atoms with Gasteiger partial charge in [-0.2, -0.15) is 0 Å². The molecule has 2 N–H and O–H groups in total. The van der Waals surface area contributed by atoms with Crippen LogP contribution in [0.15, 0.2) is 67.0 Å². The molecule has 1 aromatic carbocycles. The van der Waals surface area contributed by atoms with E-state index in [4.69, 9.17) is 0 Å². The molecule has 0 amide bonds. The van der Waals surface area contributed by atoms with Gasteiger partial charge in [-0.15, -0.1) is 0 Å². The van der Waals surface area contributed by atoms with Crippen molar-refractivity contribution in [2.75, 3.05) is 11.9 Å². The standard InChI is InChI=1S/C8H11N.C6H7N/c1-2-9-8-6-4-3-5-7-8;1-2-4-6-7-5-3-1/h3-7,9H,2H2,1H3;1-7H. The lowest BCUT2D eigenvalue weighted by molar-refractivity contribution is 1.20. The molecular weight excluding hydrogens is 196 g/mol. The lowest BCUT2D eigenvalue weighted by Gasteiger charge is -1.99. The third kappa shape index (κ3) is 5.70. The Balaban J connectivity index is 0.000000165.